The molecule has 0 radical (unpaired) electrons. The van der Waals surface area contributed by atoms with Crippen LogP contribution in [-0.2, 0) is 4.74 Å². The van der Waals surface area contributed by atoms with Crippen LogP contribution in [0.4, 0.5) is 6.01 Å². The maximum atomic E-state index is 5.78. The summed E-state index contributed by atoms with van der Waals surface area (Å²) in [6.07, 6.45) is 0. The Labute approximate surface area is 141 Å². The van der Waals surface area contributed by atoms with E-state index in [4.69, 9.17) is 9.15 Å². The number of anilines is 1. The van der Waals surface area contributed by atoms with Gasteiger partial charge in [0.05, 0.1) is 19.3 Å². The second kappa shape index (κ2) is 7.03. The van der Waals surface area contributed by atoms with E-state index in [0.717, 1.165) is 43.9 Å². The van der Waals surface area contributed by atoms with Crippen molar-refractivity contribution in [3.05, 3.63) is 60.2 Å². The smallest absolute Gasteiger partial charge is 0.295 e. The summed E-state index contributed by atoms with van der Waals surface area (Å²) >= 11 is 0. The van der Waals surface area contributed by atoms with Gasteiger partial charge in [-0.2, -0.15) is 4.98 Å². The van der Waals surface area contributed by atoms with Crippen molar-refractivity contribution in [2.45, 2.75) is 6.04 Å². The third-order valence-electron chi connectivity index (χ3n) is 4.41. The molecule has 24 heavy (non-hydrogen) atoms. The number of ether oxygens (including phenoxy) is 1. The van der Waals surface area contributed by atoms with Gasteiger partial charge in [-0.25, -0.2) is 0 Å². The molecule has 0 spiro atoms. The van der Waals surface area contributed by atoms with Gasteiger partial charge in [0, 0.05) is 19.6 Å². The molecule has 0 bridgehead atoms. The monoisotopic (exact) mass is 323 g/mol. The van der Waals surface area contributed by atoms with E-state index in [1.165, 1.54) is 5.56 Å². The lowest BCUT2D eigenvalue weighted by Gasteiger charge is -2.34. The number of hydrogen-bond donors (Lipinski definition) is 1. The highest BCUT2D eigenvalue weighted by Gasteiger charge is 2.23. The van der Waals surface area contributed by atoms with Crippen molar-refractivity contribution in [1.82, 2.24) is 9.88 Å². The number of nitrogens with zero attached hydrogens (tertiary/aromatic N) is 2. The number of benzene rings is 2. The largest absolute Gasteiger partial charge is 0.424 e. The molecular formula is C19H21N3O2. The van der Waals surface area contributed by atoms with Crippen molar-refractivity contribution in [2.24, 2.45) is 0 Å². The minimum atomic E-state index is 0.269. The van der Waals surface area contributed by atoms with Gasteiger partial charge in [-0.05, 0) is 17.7 Å². The Bertz CT molecular complexity index is 748. The van der Waals surface area contributed by atoms with E-state index in [-0.39, 0.29) is 6.04 Å². The number of para-hydroxylation sites is 2. The summed E-state index contributed by atoms with van der Waals surface area (Å²) in [5.41, 5.74) is 2.98. The highest BCUT2D eigenvalue weighted by atomic mass is 16.5. The van der Waals surface area contributed by atoms with Crippen LogP contribution < -0.4 is 5.32 Å². The van der Waals surface area contributed by atoms with Crippen molar-refractivity contribution in [1.29, 1.82) is 0 Å². The zero-order chi connectivity index (χ0) is 16.2. The first kappa shape index (κ1) is 15.2. The zero-order valence-corrected chi connectivity index (χ0v) is 13.5. The number of aromatic nitrogens is 1. The van der Waals surface area contributed by atoms with Crippen LogP contribution in [0, 0.1) is 0 Å². The quantitative estimate of drug-likeness (QED) is 0.780. The van der Waals surface area contributed by atoms with E-state index in [0.29, 0.717) is 6.01 Å². The fourth-order valence-electron chi connectivity index (χ4n) is 3.15. The molecule has 4 rings (SSSR count). The molecule has 1 atom stereocenters. The molecule has 1 aliphatic rings. The Morgan fingerprint density at radius 3 is 2.54 bits per heavy atom. The predicted molar refractivity (Wildman–Crippen MR) is 94.1 cm³/mol. The molecule has 1 N–H and O–H groups in total. The van der Waals surface area contributed by atoms with Gasteiger partial charge in [0.2, 0.25) is 0 Å². The summed E-state index contributed by atoms with van der Waals surface area (Å²) in [7, 11) is 0. The molecular weight excluding hydrogens is 302 g/mol. The van der Waals surface area contributed by atoms with Gasteiger partial charge in [0.1, 0.15) is 5.52 Å². The van der Waals surface area contributed by atoms with Crippen LogP contribution >= 0.6 is 0 Å². The van der Waals surface area contributed by atoms with E-state index < -0.39 is 0 Å². The van der Waals surface area contributed by atoms with Gasteiger partial charge in [0.15, 0.2) is 5.58 Å². The highest BCUT2D eigenvalue weighted by molar-refractivity contribution is 5.74. The second-order valence-electron chi connectivity index (χ2n) is 5.94. The molecule has 0 saturated carbocycles. The molecule has 2 aromatic carbocycles. The summed E-state index contributed by atoms with van der Waals surface area (Å²) in [6.45, 7) is 4.19. The Morgan fingerprint density at radius 2 is 1.75 bits per heavy atom. The van der Waals surface area contributed by atoms with Crippen molar-refractivity contribution in [3.63, 3.8) is 0 Å². The van der Waals surface area contributed by atoms with E-state index in [1.54, 1.807) is 0 Å². The van der Waals surface area contributed by atoms with Gasteiger partial charge in [-0.1, -0.05) is 42.5 Å². The van der Waals surface area contributed by atoms with Crippen molar-refractivity contribution in [2.75, 3.05) is 38.2 Å². The summed E-state index contributed by atoms with van der Waals surface area (Å²) in [6, 6.07) is 19.2. The van der Waals surface area contributed by atoms with Gasteiger partial charge < -0.3 is 14.5 Å². The van der Waals surface area contributed by atoms with Crippen molar-refractivity contribution in [3.8, 4) is 0 Å². The Morgan fingerprint density at radius 1 is 1.00 bits per heavy atom. The third-order valence-corrected chi connectivity index (χ3v) is 4.41. The fourth-order valence-corrected chi connectivity index (χ4v) is 3.15. The lowest BCUT2D eigenvalue weighted by molar-refractivity contribution is 0.0186. The summed E-state index contributed by atoms with van der Waals surface area (Å²) in [4.78, 5) is 6.96. The maximum Gasteiger partial charge on any atom is 0.295 e. The molecule has 0 amide bonds. The van der Waals surface area contributed by atoms with Crippen LogP contribution in [0.3, 0.4) is 0 Å². The van der Waals surface area contributed by atoms with Crippen LogP contribution in [0.15, 0.2) is 59.0 Å². The van der Waals surface area contributed by atoms with E-state index in [9.17, 15) is 0 Å². The molecule has 0 aliphatic carbocycles. The van der Waals surface area contributed by atoms with E-state index in [1.807, 2.05) is 30.3 Å². The first-order valence-electron chi connectivity index (χ1n) is 8.36. The number of hydrogen-bond acceptors (Lipinski definition) is 5. The minimum Gasteiger partial charge on any atom is -0.424 e. The summed E-state index contributed by atoms with van der Waals surface area (Å²) in [5.74, 6) is 0. The third kappa shape index (κ3) is 3.27. The standard InChI is InChI=1S/C19H21N3O2/c1-2-6-15(7-3-1)17(22-10-12-23-13-11-22)14-20-19-21-16-8-4-5-9-18(16)24-19/h1-9,17H,10-14H2,(H,20,21)/t17-/m1/s1. The lowest BCUT2D eigenvalue weighted by Crippen LogP contribution is -2.41. The Kier molecular flexibility index (Phi) is 4.44. The molecule has 5 heteroatoms. The van der Waals surface area contributed by atoms with E-state index in [2.05, 4.69) is 39.5 Å². The molecule has 1 fully saturated rings. The normalized spacial score (nSPS) is 17.0. The van der Waals surface area contributed by atoms with Crippen LogP contribution in [0.5, 0.6) is 0 Å². The number of oxazole rings is 1. The number of rotatable bonds is 5. The SMILES string of the molecule is c1ccc([C@@H](CNc2nc3ccccc3o2)N2CCOCC2)cc1. The molecule has 3 aromatic rings. The number of fused-ring (bicyclic) bond motifs is 1. The molecule has 1 aliphatic heterocycles. The van der Waals surface area contributed by atoms with Gasteiger partial charge in [0.25, 0.3) is 6.01 Å². The number of morpholine rings is 1. The molecule has 0 unspecified atom stereocenters. The Balaban J connectivity index is 1.52. The maximum absolute atomic E-state index is 5.78. The van der Waals surface area contributed by atoms with E-state index >= 15 is 0 Å². The van der Waals surface area contributed by atoms with Gasteiger partial charge >= 0.3 is 0 Å². The Hall–Kier alpha value is -2.37. The predicted octanol–water partition coefficient (Wildman–Crippen LogP) is 3.31. The highest BCUT2D eigenvalue weighted by Crippen LogP contribution is 2.24. The fraction of sp³-hybridized carbons (Fsp3) is 0.316. The summed E-state index contributed by atoms with van der Waals surface area (Å²) in [5, 5.41) is 3.37. The molecule has 1 saturated heterocycles. The number of nitrogens with one attached hydrogen (secondary N) is 1. The first-order chi connectivity index (χ1) is 11.9. The van der Waals surface area contributed by atoms with Crippen LogP contribution in [0.1, 0.15) is 11.6 Å². The van der Waals surface area contributed by atoms with Crippen LogP contribution in [-0.4, -0.2) is 42.7 Å². The topological polar surface area (TPSA) is 50.5 Å². The van der Waals surface area contributed by atoms with Crippen LogP contribution in [0.25, 0.3) is 11.1 Å². The molecule has 1 aromatic heterocycles. The average Bonchev–Trinajstić information content (AvgIpc) is 3.07. The first-order valence-corrected chi connectivity index (χ1v) is 8.36. The van der Waals surface area contributed by atoms with Crippen molar-refractivity contribution >= 4 is 17.1 Å². The van der Waals surface area contributed by atoms with Gasteiger partial charge in [-0.3, -0.25) is 4.90 Å². The lowest BCUT2D eigenvalue weighted by atomic mass is 10.0. The molecule has 124 valence electrons. The molecule has 2 heterocycles. The molecule has 5 nitrogen and oxygen atoms in total. The average molecular weight is 323 g/mol. The summed E-state index contributed by atoms with van der Waals surface area (Å²) < 4.78 is 11.3. The van der Waals surface area contributed by atoms with Crippen molar-refractivity contribution < 1.29 is 9.15 Å². The van der Waals surface area contributed by atoms with Crippen LogP contribution in [0.2, 0.25) is 0 Å². The second-order valence-corrected chi connectivity index (χ2v) is 5.94. The minimum absolute atomic E-state index is 0.269. The zero-order valence-electron chi connectivity index (χ0n) is 13.5. The van der Waals surface area contributed by atoms with Gasteiger partial charge in [-0.15, -0.1) is 0 Å².